The Labute approximate surface area is 115 Å². The van der Waals surface area contributed by atoms with Crippen molar-refractivity contribution in [2.45, 2.75) is 38.5 Å². The van der Waals surface area contributed by atoms with E-state index >= 15 is 0 Å². The van der Waals surface area contributed by atoms with Crippen LogP contribution in [0.3, 0.4) is 0 Å². The third-order valence-corrected chi connectivity index (χ3v) is 4.61. The molecule has 3 rings (SSSR count). The number of nitrogens with one attached hydrogen (secondary N) is 1. The van der Waals surface area contributed by atoms with Crippen LogP contribution in [0.25, 0.3) is 0 Å². The molecule has 1 heterocycles. The van der Waals surface area contributed by atoms with Crippen molar-refractivity contribution in [2.24, 2.45) is 5.41 Å². The maximum Gasteiger partial charge on any atom is 0.122 e. The normalized spacial score (nSPS) is 20.7. The summed E-state index contributed by atoms with van der Waals surface area (Å²) in [6, 6.07) is 6.32. The van der Waals surface area contributed by atoms with Crippen LogP contribution in [0.4, 0.5) is 5.69 Å². The number of aliphatic hydroxyl groups is 1. The summed E-state index contributed by atoms with van der Waals surface area (Å²) in [5, 5.41) is 13.2. The summed E-state index contributed by atoms with van der Waals surface area (Å²) in [4.78, 5) is 0. The Morgan fingerprint density at radius 1 is 1.21 bits per heavy atom. The number of hydrogen-bond acceptors (Lipinski definition) is 3. The van der Waals surface area contributed by atoms with Crippen molar-refractivity contribution in [3.63, 3.8) is 0 Å². The monoisotopic (exact) mass is 261 g/mol. The molecule has 3 nitrogen and oxygen atoms in total. The Kier molecular flexibility index (Phi) is 3.65. The fraction of sp³-hybridized carbons (Fsp3) is 0.625. The first kappa shape index (κ1) is 12.8. The number of hydrogen-bond donors (Lipinski definition) is 2. The van der Waals surface area contributed by atoms with Gasteiger partial charge in [-0.1, -0.05) is 19.3 Å². The van der Waals surface area contributed by atoms with Crippen LogP contribution in [-0.4, -0.2) is 24.9 Å². The van der Waals surface area contributed by atoms with E-state index in [0.717, 1.165) is 43.9 Å². The molecular formula is C16H23NO2. The van der Waals surface area contributed by atoms with Crippen LogP contribution in [0.1, 0.15) is 37.7 Å². The average molecular weight is 261 g/mol. The van der Waals surface area contributed by atoms with Gasteiger partial charge in [-0.05, 0) is 36.6 Å². The lowest BCUT2D eigenvalue weighted by Gasteiger charge is -2.36. The van der Waals surface area contributed by atoms with Crippen LogP contribution in [0.5, 0.6) is 5.75 Å². The molecule has 2 aliphatic rings. The van der Waals surface area contributed by atoms with Gasteiger partial charge in [-0.25, -0.2) is 0 Å². The highest BCUT2D eigenvalue weighted by Gasteiger charge is 2.31. The van der Waals surface area contributed by atoms with Crippen LogP contribution in [-0.2, 0) is 6.42 Å². The van der Waals surface area contributed by atoms with Gasteiger partial charge in [-0.15, -0.1) is 0 Å². The Bertz CT molecular complexity index is 438. The van der Waals surface area contributed by atoms with Crippen LogP contribution < -0.4 is 10.1 Å². The van der Waals surface area contributed by atoms with Gasteiger partial charge in [-0.3, -0.25) is 0 Å². The number of anilines is 1. The Morgan fingerprint density at radius 3 is 2.84 bits per heavy atom. The van der Waals surface area contributed by atoms with E-state index in [9.17, 15) is 5.11 Å². The highest BCUT2D eigenvalue weighted by Crippen LogP contribution is 2.36. The van der Waals surface area contributed by atoms with E-state index in [2.05, 4.69) is 23.5 Å². The van der Waals surface area contributed by atoms with Gasteiger partial charge < -0.3 is 15.2 Å². The molecule has 0 spiro atoms. The second-order valence-electron chi connectivity index (χ2n) is 5.99. The molecule has 19 heavy (non-hydrogen) atoms. The quantitative estimate of drug-likeness (QED) is 0.875. The van der Waals surface area contributed by atoms with E-state index in [1.54, 1.807) is 0 Å². The Hall–Kier alpha value is -1.22. The standard InChI is InChI=1S/C16H23NO2/c18-12-16(7-2-1-3-8-16)11-17-14-4-5-15-13(10-14)6-9-19-15/h4-5,10,17-18H,1-3,6-9,11-12H2. The summed E-state index contributed by atoms with van der Waals surface area (Å²) in [5.41, 5.74) is 2.54. The van der Waals surface area contributed by atoms with Crippen LogP contribution in [0.2, 0.25) is 0 Å². The second-order valence-corrected chi connectivity index (χ2v) is 5.99. The summed E-state index contributed by atoms with van der Waals surface area (Å²) in [7, 11) is 0. The van der Waals surface area contributed by atoms with Crippen molar-refractivity contribution in [1.29, 1.82) is 0 Å². The zero-order chi connectivity index (χ0) is 13.1. The van der Waals surface area contributed by atoms with Crippen LogP contribution >= 0.6 is 0 Å². The zero-order valence-electron chi connectivity index (χ0n) is 11.5. The highest BCUT2D eigenvalue weighted by molar-refractivity contribution is 5.52. The molecule has 0 radical (unpaired) electrons. The minimum absolute atomic E-state index is 0.0910. The lowest BCUT2D eigenvalue weighted by Crippen LogP contribution is -2.35. The van der Waals surface area contributed by atoms with E-state index < -0.39 is 0 Å². The smallest absolute Gasteiger partial charge is 0.122 e. The van der Waals surface area contributed by atoms with Crippen LogP contribution in [0, 0.1) is 5.41 Å². The van der Waals surface area contributed by atoms with Crippen LogP contribution in [0.15, 0.2) is 18.2 Å². The molecule has 1 saturated carbocycles. The highest BCUT2D eigenvalue weighted by atomic mass is 16.5. The second kappa shape index (κ2) is 5.41. The molecule has 0 aromatic heterocycles. The molecule has 0 atom stereocenters. The number of aliphatic hydroxyl groups excluding tert-OH is 1. The Balaban J connectivity index is 1.65. The lowest BCUT2D eigenvalue weighted by molar-refractivity contribution is 0.0944. The summed E-state index contributed by atoms with van der Waals surface area (Å²) in [6.07, 6.45) is 7.11. The van der Waals surface area contributed by atoms with E-state index in [1.807, 2.05) is 0 Å². The van der Waals surface area contributed by atoms with Crippen molar-refractivity contribution in [3.05, 3.63) is 23.8 Å². The molecule has 1 aliphatic heterocycles. The number of ether oxygens (including phenoxy) is 1. The van der Waals surface area contributed by atoms with E-state index in [4.69, 9.17) is 4.74 Å². The van der Waals surface area contributed by atoms with Gasteiger partial charge in [0.05, 0.1) is 13.2 Å². The molecule has 104 valence electrons. The fourth-order valence-corrected chi connectivity index (χ4v) is 3.28. The number of benzene rings is 1. The number of rotatable bonds is 4. The van der Waals surface area contributed by atoms with E-state index in [0.29, 0.717) is 6.61 Å². The molecular weight excluding hydrogens is 238 g/mol. The molecule has 1 fully saturated rings. The van der Waals surface area contributed by atoms with Gasteiger partial charge in [0.15, 0.2) is 0 Å². The lowest BCUT2D eigenvalue weighted by atomic mass is 9.74. The molecule has 3 heteroatoms. The minimum atomic E-state index is 0.0910. The molecule has 1 aromatic carbocycles. The third kappa shape index (κ3) is 2.71. The van der Waals surface area contributed by atoms with Gasteiger partial charge in [0.25, 0.3) is 0 Å². The summed E-state index contributed by atoms with van der Waals surface area (Å²) in [6.45, 7) is 1.98. The first-order chi connectivity index (χ1) is 9.31. The molecule has 2 N–H and O–H groups in total. The number of fused-ring (bicyclic) bond motifs is 1. The van der Waals surface area contributed by atoms with Gasteiger partial charge in [0, 0.05) is 24.1 Å². The van der Waals surface area contributed by atoms with Crippen molar-refractivity contribution >= 4 is 5.69 Å². The third-order valence-electron chi connectivity index (χ3n) is 4.61. The van der Waals surface area contributed by atoms with E-state index in [-0.39, 0.29) is 5.41 Å². The molecule has 0 saturated heterocycles. The zero-order valence-corrected chi connectivity index (χ0v) is 11.5. The SMILES string of the molecule is OCC1(CNc2ccc3c(c2)CCO3)CCCCC1. The predicted octanol–water partition coefficient (Wildman–Crippen LogP) is 2.98. The van der Waals surface area contributed by atoms with Crippen molar-refractivity contribution in [3.8, 4) is 5.75 Å². The average Bonchev–Trinajstić information content (AvgIpc) is 2.93. The first-order valence-corrected chi connectivity index (χ1v) is 7.42. The topological polar surface area (TPSA) is 41.5 Å². The van der Waals surface area contributed by atoms with Crippen molar-refractivity contribution < 1.29 is 9.84 Å². The van der Waals surface area contributed by atoms with E-state index in [1.165, 1.54) is 24.8 Å². The minimum Gasteiger partial charge on any atom is -0.493 e. The molecule has 1 aromatic rings. The van der Waals surface area contributed by atoms with Crippen molar-refractivity contribution in [1.82, 2.24) is 0 Å². The van der Waals surface area contributed by atoms with Crippen molar-refractivity contribution in [2.75, 3.05) is 25.1 Å². The van der Waals surface area contributed by atoms with Gasteiger partial charge >= 0.3 is 0 Å². The molecule has 0 bridgehead atoms. The summed E-state index contributed by atoms with van der Waals surface area (Å²) >= 11 is 0. The molecule has 0 amide bonds. The molecule has 0 unspecified atom stereocenters. The van der Waals surface area contributed by atoms with Gasteiger partial charge in [0.2, 0.25) is 0 Å². The Morgan fingerprint density at radius 2 is 2.05 bits per heavy atom. The summed E-state index contributed by atoms with van der Waals surface area (Å²) in [5.74, 6) is 1.03. The fourth-order valence-electron chi connectivity index (χ4n) is 3.28. The largest absolute Gasteiger partial charge is 0.493 e. The molecule has 1 aliphatic carbocycles. The van der Waals surface area contributed by atoms with Gasteiger partial charge in [0.1, 0.15) is 5.75 Å². The maximum absolute atomic E-state index is 9.71. The first-order valence-electron chi connectivity index (χ1n) is 7.42. The van der Waals surface area contributed by atoms with Gasteiger partial charge in [-0.2, -0.15) is 0 Å². The summed E-state index contributed by atoms with van der Waals surface area (Å²) < 4.78 is 5.52. The predicted molar refractivity (Wildman–Crippen MR) is 76.7 cm³/mol. The maximum atomic E-state index is 9.71.